The van der Waals surface area contributed by atoms with Gasteiger partial charge in [0, 0.05) is 12.1 Å². The number of amides is 1. The second kappa shape index (κ2) is 6.42. The van der Waals surface area contributed by atoms with Gasteiger partial charge in [0.25, 0.3) is 18.8 Å². The molecule has 9 heteroatoms. The second-order valence-corrected chi connectivity index (χ2v) is 8.44. The molecule has 150 valence electrons. The lowest BCUT2D eigenvalue weighted by Crippen LogP contribution is -2.55. The Morgan fingerprint density at radius 1 is 1.00 bits per heavy atom. The molecule has 4 bridgehead atoms. The Morgan fingerprint density at radius 3 is 2.21 bits per heavy atom. The van der Waals surface area contributed by atoms with Crippen LogP contribution in [0.25, 0.3) is 5.65 Å². The molecule has 0 atom stereocenters. The summed E-state index contributed by atoms with van der Waals surface area (Å²) in [6.45, 7) is 0. The van der Waals surface area contributed by atoms with E-state index in [1.807, 2.05) is 0 Å². The molecule has 2 aromatic rings. The van der Waals surface area contributed by atoms with Gasteiger partial charge >= 0.3 is 0 Å². The van der Waals surface area contributed by atoms with Crippen molar-refractivity contribution in [3.63, 3.8) is 0 Å². The highest BCUT2D eigenvalue weighted by Crippen LogP contribution is 2.53. The van der Waals surface area contributed by atoms with Crippen LogP contribution in [0.15, 0.2) is 12.1 Å². The van der Waals surface area contributed by atoms with E-state index >= 15 is 0 Å². The maximum Gasteiger partial charge on any atom is 0.280 e. The average molecular weight is 396 g/mol. The second-order valence-electron chi connectivity index (χ2n) is 8.44. The first kappa shape index (κ1) is 17.9. The van der Waals surface area contributed by atoms with E-state index in [1.165, 1.54) is 12.5 Å². The molecule has 0 unspecified atom stereocenters. The van der Waals surface area contributed by atoms with Crippen LogP contribution in [0.1, 0.15) is 66.8 Å². The molecule has 4 aliphatic carbocycles. The van der Waals surface area contributed by atoms with Gasteiger partial charge in [-0.3, -0.25) is 4.79 Å². The van der Waals surface area contributed by atoms with Crippen molar-refractivity contribution in [2.45, 2.75) is 51.0 Å². The fourth-order valence-electron chi connectivity index (χ4n) is 5.78. The number of carbonyl (C=O) groups excluding carboxylic acids is 1. The first-order chi connectivity index (χ1) is 13.4. The minimum Gasteiger partial charge on any atom is -0.347 e. The first-order valence-electron chi connectivity index (χ1n) is 9.66. The molecule has 0 radical (unpaired) electrons. The van der Waals surface area contributed by atoms with Crippen LogP contribution < -0.4 is 5.32 Å². The molecule has 1 amide bonds. The number of fused-ring (bicyclic) bond motifs is 1. The molecule has 0 saturated heterocycles. The minimum atomic E-state index is -3.01. The van der Waals surface area contributed by atoms with E-state index < -0.39 is 30.1 Å². The number of aromatic nitrogens is 3. The summed E-state index contributed by atoms with van der Waals surface area (Å²) in [5, 5.41) is 6.98. The van der Waals surface area contributed by atoms with E-state index in [2.05, 4.69) is 15.4 Å². The SMILES string of the molecule is O=C(NC1C2CC3CC(C2)CC1C3)c1cc2nc(C(F)F)cc(C(F)F)n2n1. The van der Waals surface area contributed by atoms with Gasteiger partial charge in [-0.25, -0.2) is 27.1 Å². The molecule has 0 aromatic carbocycles. The van der Waals surface area contributed by atoms with Crippen LogP contribution in [-0.4, -0.2) is 26.5 Å². The molecule has 6 rings (SSSR count). The topological polar surface area (TPSA) is 59.3 Å². The summed E-state index contributed by atoms with van der Waals surface area (Å²) in [5.41, 5.74) is -1.71. The van der Waals surface area contributed by atoms with Gasteiger partial charge in [-0.15, -0.1) is 0 Å². The Morgan fingerprint density at radius 2 is 1.64 bits per heavy atom. The van der Waals surface area contributed by atoms with Crippen LogP contribution in [0.3, 0.4) is 0 Å². The summed E-state index contributed by atoms with van der Waals surface area (Å²) < 4.78 is 53.3. The maximum absolute atomic E-state index is 13.3. The molecule has 2 aromatic heterocycles. The summed E-state index contributed by atoms with van der Waals surface area (Å²) in [5.74, 6) is 1.98. The molecule has 28 heavy (non-hydrogen) atoms. The van der Waals surface area contributed by atoms with E-state index in [9.17, 15) is 22.4 Å². The Labute approximate surface area is 158 Å². The highest BCUT2D eigenvalue weighted by atomic mass is 19.3. The Bertz CT molecular complexity index is 900. The van der Waals surface area contributed by atoms with Gasteiger partial charge in [0.15, 0.2) is 11.3 Å². The monoisotopic (exact) mass is 396 g/mol. The molecule has 1 N–H and O–H groups in total. The number of carbonyl (C=O) groups is 1. The van der Waals surface area contributed by atoms with E-state index in [1.54, 1.807) is 0 Å². The van der Waals surface area contributed by atoms with E-state index in [0.717, 1.165) is 42.0 Å². The molecular weight excluding hydrogens is 376 g/mol. The normalized spacial score (nSPS) is 31.3. The number of rotatable bonds is 4. The summed E-state index contributed by atoms with van der Waals surface area (Å²) >= 11 is 0. The molecule has 2 heterocycles. The van der Waals surface area contributed by atoms with Crippen molar-refractivity contribution in [3.05, 3.63) is 29.2 Å². The molecule has 4 saturated carbocycles. The molecule has 4 aliphatic rings. The van der Waals surface area contributed by atoms with Crippen LogP contribution in [-0.2, 0) is 0 Å². The van der Waals surface area contributed by atoms with Gasteiger partial charge in [-0.2, -0.15) is 5.10 Å². The third-order valence-corrected chi connectivity index (χ3v) is 6.68. The number of hydrogen-bond acceptors (Lipinski definition) is 3. The zero-order chi connectivity index (χ0) is 19.6. The van der Waals surface area contributed by atoms with Crippen molar-refractivity contribution in [1.82, 2.24) is 19.9 Å². The molecular formula is C19H20F4N4O. The van der Waals surface area contributed by atoms with Crippen molar-refractivity contribution in [3.8, 4) is 0 Å². The van der Waals surface area contributed by atoms with Gasteiger partial charge in [0.2, 0.25) is 0 Å². The fraction of sp³-hybridized carbons (Fsp3) is 0.632. The van der Waals surface area contributed by atoms with Gasteiger partial charge < -0.3 is 5.32 Å². The molecule has 0 spiro atoms. The highest BCUT2D eigenvalue weighted by molar-refractivity contribution is 5.93. The largest absolute Gasteiger partial charge is 0.347 e. The third-order valence-electron chi connectivity index (χ3n) is 6.68. The Kier molecular flexibility index (Phi) is 4.10. The Balaban J connectivity index is 1.43. The standard InChI is InChI=1S/C19H20F4N4O/c20-17(21)12-6-14(18(22)23)27-15(24-12)7-13(26-27)19(28)25-16-10-2-8-1-9(4-10)5-11(16)3-8/h6-11,16-18H,1-5H2,(H,25,28). The number of alkyl halides is 4. The zero-order valence-electron chi connectivity index (χ0n) is 15.0. The lowest BCUT2D eigenvalue weighted by Gasteiger charge is -2.54. The van der Waals surface area contributed by atoms with E-state index in [0.29, 0.717) is 17.9 Å². The zero-order valence-corrected chi connectivity index (χ0v) is 15.0. The molecule has 4 fully saturated rings. The van der Waals surface area contributed by atoms with Crippen LogP contribution in [0.2, 0.25) is 0 Å². The van der Waals surface area contributed by atoms with Crippen molar-refractivity contribution in [1.29, 1.82) is 0 Å². The van der Waals surface area contributed by atoms with Crippen LogP contribution >= 0.6 is 0 Å². The minimum absolute atomic E-state index is 0.0734. The number of nitrogens with one attached hydrogen (secondary N) is 1. The lowest BCUT2D eigenvalue weighted by atomic mass is 9.54. The number of nitrogens with zero attached hydrogens (tertiary/aromatic N) is 3. The van der Waals surface area contributed by atoms with Gasteiger partial charge in [-0.05, 0) is 61.8 Å². The van der Waals surface area contributed by atoms with E-state index in [4.69, 9.17) is 0 Å². The average Bonchev–Trinajstić information content (AvgIpc) is 3.07. The number of hydrogen-bond donors (Lipinski definition) is 1. The summed E-state index contributed by atoms with van der Waals surface area (Å²) in [6, 6.07) is 1.90. The summed E-state index contributed by atoms with van der Waals surface area (Å²) in [7, 11) is 0. The summed E-state index contributed by atoms with van der Waals surface area (Å²) in [4.78, 5) is 16.4. The lowest BCUT2D eigenvalue weighted by molar-refractivity contribution is -0.0120. The fourth-order valence-corrected chi connectivity index (χ4v) is 5.78. The Hall–Kier alpha value is -2.19. The predicted octanol–water partition coefficient (Wildman–Crippen LogP) is 4.16. The van der Waals surface area contributed by atoms with Crippen LogP contribution in [0.5, 0.6) is 0 Å². The summed E-state index contributed by atoms with van der Waals surface area (Å²) in [6.07, 6.45) is -0.202. The van der Waals surface area contributed by atoms with Crippen molar-refractivity contribution in [2.24, 2.45) is 23.7 Å². The van der Waals surface area contributed by atoms with Crippen LogP contribution in [0.4, 0.5) is 17.6 Å². The van der Waals surface area contributed by atoms with Gasteiger partial charge in [0.1, 0.15) is 11.4 Å². The maximum atomic E-state index is 13.3. The quantitative estimate of drug-likeness (QED) is 0.790. The first-order valence-corrected chi connectivity index (χ1v) is 9.66. The highest BCUT2D eigenvalue weighted by Gasteiger charge is 2.48. The number of halogens is 4. The predicted molar refractivity (Wildman–Crippen MR) is 91.2 cm³/mol. The third kappa shape index (κ3) is 2.86. The van der Waals surface area contributed by atoms with Gasteiger partial charge in [-0.1, -0.05) is 0 Å². The smallest absolute Gasteiger partial charge is 0.280 e. The van der Waals surface area contributed by atoms with Crippen molar-refractivity contribution < 1.29 is 22.4 Å². The molecule has 5 nitrogen and oxygen atoms in total. The van der Waals surface area contributed by atoms with E-state index in [-0.39, 0.29) is 17.4 Å². The van der Waals surface area contributed by atoms with Crippen LogP contribution in [0, 0.1) is 23.7 Å². The van der Waals surface area contributed by atoms with Crippen molar-refractivity contribution >= 4 is 11.6 Å². The van der Waals surface area contributed by atoms with Gasteiger partial charge in [0.05, 0.1) is 0 Å². The molecule has 0 aliphatic heterocycles. The van der Waals surface area contributed by atoms with Crippen molar-refractivity contribution in [2.75, 3.05) is 0 Å².